The first-order valence-corrected chi connectivity index (χ1v) is 8.62. The Kier molecular flexibility index (Phi) is 5.21. The summed E-state index contributed by atoms with van der Waals surface area (Å²) in [5, 5.41) is 0. The zero-order valence-electron chi connectivity index (χ0n) is 12.4. The maximum atomic E-state index is 12.6. The largest absolute Gasteiger partial charge is 0.454 e. The summed E-state index contributed by atoms with van der Waals surface area (Å²) in [5.41, 5.74) is 6.36. The molecule has 22 heavy (non-hydrogen) atoms. The third-order valence-electron chi connectivity index (χ3n) is 4.23. The average Bonchev–Trinajstić information content (AvgIpc) is 3.05. The van der Waals surface area contributed by atoms with E-state index in [9.17, 15) is 8.42 Å². The second-order valence-electron chi connectivity index (χ2n) is 5.63. The van der Waals surface area contributed by atoms with Gasteiger partial charge in [-0.1, -0.05) is 6.42 Å². The number of halogens is 1. The molecule has 6 nitrogen and oxygen atoms in total. The van der Waals surface area contributed by atoms with Gasteiger partial charge in [-0.25, -0.2) is 13.1 Å². The molecular weight excluding hydrogens is 328 g/mol. The van der Waals surface area contributed by atoms with Crippen molar-refractivity contribution in [1.29, 1.82) is 0 Å². The number of fused-ring (bicyclic) bond motifs is 1. The Morgan fingerprint density at radius 1 is 1.27 bits per heavy atom. The molecule has 0 bridgehead atoms. The molecule has 2 atom stereocenters. The van der Waals surface area contributed by atoms with E-state index in [2.05, 4.69) is 4.72 Å². The third kappa shape index (κ3) is 3.17. The fourth-order valence-corrected chi connectivity index (χ4v) is 4.63. The Labute approximate surface area is 136 Å². The van der Waals surface area contributed by atoms with Gasteiger partial charge in [-0.15, -0.1) is 12.4 Å². The molecule has 0 spiro atoms. The first-order valence-electron chi connectivity index (χ1n) is 7.14. The van der Waals surface area contributed by atoms with Crippen molar-refractivity contribution in [2.24, 2.45) is 11.7 Å². The molecule has 1 aliphatic heterocycles. The van der Waals surface area contributed by atoms with Crippen LogP contribution in [0.15, 0.2) is 17.0 Å². The molecule has 8 heteroatoms. The standard InChI is InChI=1S/C14H20N2O4S.ClH/c1-9-5-12-13(20-8-19-12)6-14(9)21(17,18)16-11-4-2-3-10(11)7-15;/h5-6,10-11,16H,2-4,7-8,15H2,1H3;1H. The van der Waals surface area contributed by atoms with E-state index in [-0.39, 0.29) is 36.1 Å². The minimum absolute atomic E-state index is 0. The molecule has 3 N–H and O–H groups in total. The van der Waals surface area contributed by atoms with Crippen LogP contribution in [0, 0.1) is 12.8 Å². The smallest absolute Gasteiger partial charge is 0.241 e. The lowest BCUT2D eigenvalue weighted by Crippen LogP contribution is -2.40. The maximum absolute atomic E-state index is 12.6. The number of aryl methyl sites for hydroxylation is 1. The van der Waals surface area contributed by atoms with Gasteiger partial charge in [-0.2, -0.15) is 0 Å². The summed E-state index contributed by atoms with van der Waals surface area (Å²) < 4.78 is 38.6. The highest BCUT2D eigenvalue weighted by atomic mass is 35.5. The Balaban J connectivity index is 0.00000176. The summed E-state index contributed by atoms with van der Waals surface area (Å²) in [6.45, 7) is 2.39. The van der Waals surface area contributed by atoms with Crippen LogP contribution < -0.4 is 19.9 Å². The minimum Gasteiger partial charge on any atom is -0.454 e. The van der Waals surface area contributed by atoms with Crippen molar-refractivity contribution in [3.05, 3.63) is 17.7 Å². The van der Waals surface area contributed by atoms with Gasteiger partial charge in [0.2, 0.25) is 16.8 Å². The van der Waals surface area contributed by atoms with Crippen LogP contribution in [0.1, 0.15) is 24.8 Å². The highest BCUT2D eigenvalue weighted by Gasteiger charge is 2.31. The second kappa shape index (κ2) is 6.62. The lowest BCUT2D eigenvalue weighted by atomic mass is 10.1. The fourth-order valence-electron chi connectivity index (χ4n) is 3.05. The topological polar surface area (TPSA) is 90.7 Å². The predicted octanol–water partition coefficient (Wildman–Crippen LogP) is 1.55. The monoisotopic (exact) mass is 348 g/mol. The molecule has 0 amide bonds. The summed E-state index contributed by atoms with van der Waals surface area (Å²) in [4.78, 5) is 0.245. The lowest BCUT2D eigenvalue weighted by Gasteiger charge is -2.20. The quantitative estimate of drug-likeness (QED) is 0.861. The van der Waals surface area contributed by atoms with Gasteiger partial charge in [-0.05, 0) is 43.9 Å². The van der Waals surface area contributed by atoms with Crippen molar-refractivity contribution in [2.45, 2.75) is 37.1 Å². The Morgan fingerprint density at radius 3 is 2.64 bits per heavy atom. The molecule has 1 aromatic carbocycles. The number of hydrogen-bond donors (Lipinski definition) is 2. The Morgan fingerprint density at radius 2 is 1.95 bits per heavy atom. The second-order valence-corrected chi connectivity index (χ2v) is 7.31. The van der Waals surface area contributed by atoms with Crippen LogP contribution in [0.5, 0.6) is 11.5 Å². The molecule has 1 heterocycles. The first-order chi connectivity index (χ1) is 10.0. The van der Waals surface area contributed by atoms with E-state index < -0.39 is 10.0 Å². The Bertz CT molecular complexity index is 650. The van der Waals surface area contributed by atoms with Crippen molar-refractivity contribution in [1.82, 2.24) is 4.72 Å². The number of benzene rings is 1. The van der Waals surface area contributed by atoms with E-state index in [4.69, 9.17) is 15.2 Å². The minimum atomic E-state index is -3.58. The summed E-state index contributed by atoms with van der Waals surface area (Å²) >= 11 is 0. The van der Waals surface area contributed by atoms with Gasteiger partial charge in [0.1, 0.15) is 0 Å². The van der Waals surface area contributed by atoms with Crippen LogP contribution in [0.25, 0.3) is 0 Å². The van der Waals surface area contributed by atoms with Gasteiger partial charge in [0, 0.05) is 12.1 Å². The molecule has 124 valence electrons. The van der Waals surface area contributed by atoms with Gasteiger partial charge in [0.25, 0.3) is 0 Å². The molecule has 1 fully saturated rings. The average molecular weight is 349 g/mol. The van der Waals surface area contributed by atoms with Crippen LogP contribution in [0.2, 0.25) is 0 Å². The van der Waals surface area contributed by atoms with E-state index in [0.717, 1.165) is 19.3 Å². The molecular formula is C14H21ClN2O4S. The SMILES string of the molecule is Cc1cc2c(cc1S(=O)(=O)NC1CCCC1CN)OCO2.Cl. The maximum Gasteiger partial charge on any atom is 0.241 e. The molecule has 1 saturated carbocycles. The molecule has 0 radical (unpaired) electrons. The highest BCUT2D eigenvalue weighted by Crippen LogP contribution is 2.36. The zero-order chi connectivity index (χ0) is 15.0. The molecule has 0 saturated heterocycles. The molecule has 2 unspecified atom stereocenters. The van der Waals surface area contributed by atoms with Gasteiger partial charge in [0.15, 0.2) is 11.5 Å². The van der Waals surface area contributed by atoms with E-state index in [1.807, 2.05) is 0 Å². The summed E-state index contributed by atoms with van der Waals surface area (Å²) in [6.07, 6.45) is 2.82. The van der Waals surface area contributed by atoms with Crippen molar-refractivity contribution < 1.29 is 17.9 Å². The lowest BCUT2D eigenvalue weighted by molar-refractivity contribution is 0.174. The van der Waals surface area contributed by atoms with Crippen molar-refractivity contribution in [3.63, 3.8) is 0 Å². The van der Waals surface area contributed by atoms with Gasteiger partial charge in [-0.3, -0.25) is 0 Å². The van der Waals surface area contributed by atoms with Crippen LogP contribution in [0.3, 0.4) is 0 Å². The number of sulfonamides is 1. The van der Waals surface area contributed by atoms with Crippen molar-refractivity contribution in [3.8, 4) is 11.5 Å². The van der Waals surface area contributed by atoms with Crippen LogP contribution >= 0.6 is 12.4 Å². The molecule has 1 aromatic rings. The van der Waals surface area contributed by atoms with E-state index in [1.54, 1.807) is 13.0 Å². The van der Waals surface area contributed by atoms with Crippen LogP contribution in [-0.2, 0) is 10.0 Å². The molecule has 0 aromatic heterocycles. The van der Waals surface area contributed by atoms with E-state index >= 15 is 0 Å². The number of rotatable bonds is 4. The molecule has 2 aliphatic rings. The van der Waals surface area contributed by atoms with Gasteiger partial charge < -0.3 is 15.2 Å². The van der Waals surface area contributed by atoms with Crippen molar-refractivity contribution in [2.75, 3.05) is 13.3 Å². The van der Waals surface area contributed by atoms with Crippen LogP contribution in [0.4, 0.5) is 0 Å². The highest BCUT2D eigenvalue weighted by molar-refractivity contribution is 7.89. The fraction of sp³-hybridized carbons (Fsp3) is 0.571. The summed E-state index contributed by atoms with van der Waals surface area (Å²) in [5.74, 6) is 1.28. The Hall–Kier alpha value is -1.02. The number of nitrogens with two attached hydrogens (primary N) is 1. The van der Waals surface area contributed by atoms with E-state index in [1.165, 1.54) is 6.07 Å². The summed E-state index contributed by atoms with van der Waals surface area (Å²) in [7, 11) is -3.58. The summed E-state index contributed by atoms with van der Waals surface area (Å²) in [6, 6.07) is 3.16. The first kappa shape index (κ1) is 17.3. The predicted molar refractivity (Wildman–Crippen MR) is 85.1 cm³/mol. The number of hydrogen-bond acceptors (Lipinski definition) is 5. The van der Waals surface area contributed by atoms with Crippen LogP contribution in [-0.4, -0.2) is 27.8 Å². The molecule has 3 rings (SSSR count). The molecule has 1 aliphatic carbocycles. The normalized spacial score (nSPS) is 23.4. The van der Waals surface area contributed by atoms with Gasteiger partial charge in [0.05, 0.1) is 4.90 Å². The van der Waals surface area contributed by atoms with Gasteiger partial charge >= 0.3 is 0 Å². The zero-order valence-corrected chi connectivity index (χ0v) is 14.0. The number of ether oxygens (including phenoxy) is 2. The number of nitrogens with one attached hydrogen (secondary N) is 1. The third-order valence-corrected chi connectivity index (χ3v) is 5.86. The van der Waals surface area contributed by atoms with E-state index in [0.29, 0.717) is 23.6 Å². The van der Waals surface area contributed by atoms with Crippen molar-refractivity contribution >= 4 is 22.4 Å².